The molecule has 164 valence electrons. The number of halogens is 3. The van der Waals surface area contributed by atoms with Crippen molar-refractivity contribution in [2.45, 2.75) is 19.3 Å². The van der Waals surface area contributed by atoms with E-state index in [0.717, 1.165) is 12.1 Å². The zero-order valence-corrected chi connectivity index (χ0v) is 16.6. The summed E-state index contributed by atoms with van der Waals surface area (Å²) in [5, 5.41) is 16.0. The molecule has 31 heavy (non-hydrogen) atoms. The summed E-state index contributed by atoms with van der Waals surface area (Å²) >= 11 is 0. The maximum Gasteiger partial charge on any atom is 0.573 e. The molecule has 0 saturated carbocycles. The molecule has 0 fully saturated rings. The molecule has 0 saturated heterocycles. The third-order valence-corrected chi connectivity index (χ3v) is 4.01. The molecule has 0 spiro atoms. The second-order valence-corrected chi connectivity index (χ2v) is 6.63. The Kier molecular flexibility index (Phi) is 6.44. The zero-order chi connectivity index (χ0) is 22.6. The van der Waals surface area contributed by atoms with Crippen molar-refractivity contribution in [2.75, 3.05) is 6.61 Å². The van der Waals surface area contributed by atoms with Crippen LogP contribution in [0.3, 0.4) is 0 Å². The second kappa shape index (κ2) is 9.04. The molecule has 0 radical (unpaired) electrons. The fourth-order valence-corrected chi connectivity index (χ4v) is 2.60. The van der Waals surface area contributed by atoms with Gasteiger partial charge in [0.05, 0.1) is 23.4 Å². The van der Waals surface area contributed by atoms with Crippen molar-refractivity contribution in [3.8, 4) is 28.6 Å². The lowest BCUT2D eigenvalue weighted by Crippen LogP contribution is -2.35. The number of aliphatic hydroxyl groups excluding tert-OH is 1. The first-order valence-electron chi connectivity index (χ1n) is 9.10. The highest BCUT2D eigenvalue weighted by Crippen LogP contribution is 2.33. The molecule has 1 aromatic carbocycles. The van der Waals surface area contributed by atoms with Crippen LogP contribution in [0.15, 0.2) is 48.8 Å². The van der Waals surface area contributed by atoms with Gasteiger partial charge in [0.2, 0.25) is 5.88 Å². The van der Waals surface area contributed by atoms with Crippen molar-refractivity contribution in [3.63, 3.8) is 0 Å². The summed E-state index contributed by atoms with van der Waals surface area (Å²) in [5.74, 6) is -0.816. The number of nitrogens with one attached hydrogen (secondary N) is 1. The molecular formula is C20H19F3N4O4. The lowest BCUT2D eigenvalue weighted by molar-refractivity contribution is -0.274. The van der Waals surface area contributed by atoms with E-state index in [-0.39, 0.29) is 23.8 Å². The summed E-state index contributed by atoms with van der Waals surface area (Å²) in [4.78, 5) is 16.6. The fraction of sp³-hybridized carbons (Fsp3) is 0.250. The van der Waals surface area contributed by atoms with Crippen LogP contribution in [-0.4, -0.2) is 44.8 Å². The molecule has 3 aromatic rings. The van der Waals surface area contributed by atoms with Crippen molar-refractivity contribution in [2.24, 2.45) is 7.05 Å². The fourth-order valence-electron chi connectivity index (χ4n) is 2.60. The van der Waals surface area contributed by atoms with E-state index in [0.29, 0.717) is 11.3 Å². The van der Waals surface area contributed by atoms with Gasteiger partial charge < -0.3 is 19.9 Å². The lowest BCUT2D eigenvalue weighted by Gasteiger charge is -2.14. The summed E-state index contributed by atoms with van der Waals surface area (Å²) in [6.45, 7) is 1.41. The molecule has 0 aliphatic heterocycles. The van der Waals surface area contributed by atoms with E-state index in [1.165, 1.54) is 29.1 Å². The van der Waals surface area contributed by atoms with E-state index in [1.54, 1.807) is 26.2 Å². The number of carbonyl (C=O) groups is 1. The standard InChI is InChI=1S/C20H19F3N4O4/c1-12(11-28)25-18(29)13-8-16(17-6-7-27(2)26-17)19(24-10-13)30-14-4-3-5-15(9-14)31-20(21,22)23/h3-10,12,28H,11H2,1-2H3,(H,25,29)/t12-/m1/s1. The van der Waals surface area contributed by atoms with Gasteiger partial charge in [0, 0.05) is 31.5 Å². The van der Waals surface area contributed by atoms with Crippen molar-refractivity contribution in [1.29, 1.82) is 0 Å². The van der Waals surface area contributed by atoms with Crippen LogP contribution in [0.1, 0.15) is 17.3 Å². The van der Waals surface area contributed by atoms with Crippen LogP contribution in [0.25, 0.3) is 11.3 Å². The molecule has 2 aromatic heterocycles. The van der Waals surface area contributed by atoms with Crippen LogP contribution >= 0.6 is 0 Å². The largest absolute Gasteiger partial charge is 0.573 e. The quantitative estimate of drug-likeness (QED) is 0.590. The number of carbonyl (C=O) groups excluding carboxylic acids is 1. The second-order valence-electron chi connectivity index (χ2n) is 6.63. The number of pyridine rings is 1. The van der Waals surface area contributed by atoms with Crippen LogP contribution < -0.4 is 14.8 Å². The molecule has 2 N–H and O–H groups in total. The van der Waals surface area contributed by atoms with Crippen molar-refractivity contribution in [1.82, 2.24) is 20.1 Å². The lowest BCUT2D eigenvalue weighted by atomic mass is 10.1. The third kappa shape index (κ3) is 5.95. The Bertz CT molecular complexity index is 1070. The van der Waals surface area contributed by atoms with Gasteiger partial charge in [0.1, 0.15) is 11.5 Å². The van der Waals surface area contributed by atoms with E-state index >= 15 is 0 Å². The Balaban J connectivity index is 1.94. The number of alkyl halides is 3. The maximum atomic E-state index is 12.5. The number of hydrogen-bond acceptors (Lipinski definition) is 6. The first kappa shape index (κ1) is 22.1. The van der Waals surface area contributed by atoms with Gasteiger partial charge in [-0.05, 0) is 31.2 Å². The highest BCUT2D eigenvalue weighted by atomic mass is 19.4. The molecule has 0 aliphatic rings. The van der Waals surface area contributed by atoms with E-state index in [1.807, 2.05) is 0 Å². The van der Waals surface area contributed by atoms with E-state index in [9.17, 15) is 18.0 Å². The SMILES string of the molecule is C[C@H](CO)NC(=O)c1cnc(Oc2cccc(OC(F)(F)F)c2)c(-c2ccn(C)n2)c1. The monoisotopic (exact) mass is 436 g/mol. The average Bonchev–Trinajstić information content (AvgIpc) is 3.13. The van der Waals surface area contributed by atoms with Gasteiger partial charge in [-0.15, -0.1) is 13.2 Å². The number of nitrogens with zero attached hydrogens (tertiary/aromatic N) is 3. The number of amides is 1. The summed E-state index contributed by atoms with van der Waals surface area (Å²) in [6.07, 6.45) is -1.90. The van der Waals surface area contributed by atoms with Crippen LogP contribution in [0.4, 0.5) is 13.2 Å². The normalized spacial score (nSPS) is 12.3. The molecule has 1 atom stereocenters. The highest BCUT2D eigenvalue weighted by molar-refractivity contribution is 5.95. The smallest absolute Gasteiger partial charge is 0.438 e. The van der Waals surface area contributed by atoms with Gasteiger partial charge in [-0.25, -0.2) is 4.98 Å². The minimum atomic E-state index is -4.84. The summed E-state index contributed by atoms with van der Waals surface area (Å²) < 4.78 is 48.6. The van der Waals surface area contributed by atoms with Crippen LogP contribution in [-0.2, 0) is 7.05 Å². The Hall–Kier alpha value is -3.60. The van der Waals surface area contributed by atoms with E-state index in [2.05, 4.69) is 20.1 Å². The van der Waals surface area contributed by atoms with Gasteiger partial charge >= 0.3 is 6.36 Å². The summed E-state index contributed by atoms with van der Waals surface area (Å²) in [7, 11) is 1.70. The van der Waals surface area contributed by atoms with Gasteiger partial charge in [0.15, 0.2) is 0 Å². The van der Waals surface area contributed by atoms with Gasteiger partial charge in [-0.3, -0.25) is 9.48 Å². The molecule has 0 aliphatic carbocycles. The Morgan fingerprint density at radius 1 is 1.26 bits per heavy atom. The first-order valence-corrected chi connectivity index (χ1v) is 9.10. The molecule has 1 amide bonds. The molecule has 8 nitrogen and oxygen atoms in total. The third-order valence-electron chi connectivity index (χ3n) is 4.01. The van der Waals surface area contributed by atoms with E-state index < -0.39 is 24.1 Å². The van der Waals surface area contributed by atoms with Gasteiger partial charge in [-0.1, -0.05) is 6.07 Å². The predicted octanol–water partition coefficient (Wildman–Crippen LogP) is 3.28. The van der Waals surface area contributed by atoms with Crippen LogP contribution in [0.5, 0.6) is 17.4 Å². The highest BCUT2D eigenvalue weighted by Gasteiger charge is 2.31. The number of aliphatic hydroxyl groups is 1. The number of ether oxygens (including phenoxy) is 2. The average molecular weight is 436 g/mol. The number of hydrogen-bond donors (Lipinski definition) is 2. The predicted molar refractivity (Wildman–Crippen MR) is 104 cm³/mol. The minimum absolute atomic E-state index is 0.0367. The number of benzene rings is 1. The molecule has 0 unspecified atom stereocenters. The minimum Gasteiger partial charge on any atom is -0.438 e. The molecule has 3 rings (SSSR count). The van der Waals surface area contributed by atoms with Gasteiger partial charge in [-0.2, -0.15) is 5.10 Å². The number of aryl methyl sites for hydroxylation is 1. The summed E-state index contributed by atoms with van der Waals surface area (Å²) in [6, 6.07) is 7.71. The Labute approximate surface area is 175 Å². The van der Waals surface area contributed by atoms with Gasteiger partial charge in [0.25, 0.3) is 5.91 Å². The molecular weight excluding hydrogens is 417 g/mol. The molecule has 11 heteroatoms. The van der Waals surface area contributed by atoms with Crippen LogP contribution in [0.2, 0.25) is 0 Å². The Morgan fingerprint density at radius 2 is 2.00 bits per heavy atom. The molecule has 0 bridgehead atoms. The zero-order valence-electron chi connectivity index (χ0n) is 16.6. The van der Waals surface area contributed by atoms with E-state index in [4.69, 9.17) is 9.84 Å². The van der Waals surface area contributed by atoms with Crippen LogP contribution in [0, 0.1) is 0 Å². The first-order chi connectivity index (χ1) is 14.6. The topological polar surface area (TPSA) is 98.5 Å². The van der Waals surface area contributed by atoms with Crippen molar-refractivity contribution < 1.29 is 32.5 Å². The number of rotatable bonds is 7. The molecule has 2 heterocycles. The van der Waals surface area contributed by atoms with Crippen molar-refractivity contribution in [3.05, 3.63) is 54.4 Å². The Morgan fingerprint density at radius 3 is 2.65 bits per heavy atom. The van der Waals surface area contributed by atoms with Crippen molar-refractivity contribution >= 4 is 5.91 Å². The summed E-state index contributed by atoms with van der Waals surface area (Å²) in [5.41, 5.74) is 0.993. The number of aromatic nitrogens is 3. The maximum absolute atomic E-state index is 12.5.